The Morgan fingerprint density at radius 3 is 2.63 bits per heavy atom. The van der Waals surface area contributed by atoms with Crippen molar-refractivity contribution in [1.29, 1.82) is 0 Å². The zero-order chi connectivity index (χ0) is 23.9. The third kappa shape index (κ3) is 4.11. The summed E-state index contributed by atoms with van der Waals surface area (Å²) in [6.07, 6.45) is 6.94. The minimum absolute atomic E-state index is 0.0428. The predicted molar refractivity (Wildman–Crippen MR) is 130 cm³/mol. The molecule has 184 valence electrons. The number of anilines is 1. The van der Waals surface area contributed by atoms with E-state index in [9.17, 15) is 14.4 Å². The van der Waals surface area contributed by atoms with E-state index >= 15 is 0 Å². The number of aromatic nitrogens is 3. The fourth-order valence-corrected chi connectivity index (χ4v) is 6.33. The lowest BCUT2D eigenvalue weighted by Crippen LogP contribution is -2.53. The summed E-state index contributed by atoms with van der Waals surface area (Å²) < 4.78 is 6.67. The van der Waals surface area contributed by atoms with E-state index in [0.29, 0.717) is 43.4 Å². The van der Waals surface area contributed by atoms with Crippen LogP contribution < -0.4 is 10.5 Å². The molecule has 0 N–H and O–H groups in total. The first-order chi connectivity index (χ1) is 17.1. The third-order valence-electron chi connectivity index (χ3n) is 7.32. The molecule has 35 heavy (non-hydrogen) atoms. The summed E-state index contributed by atoms with van der Waals surface area (Å²) in [7, 11) is 0. The predicted octanol–water partition coefficient (Wildman–Crippen LogP) is 1.82. The Labute approximate surface area is 206 Å². The molecule has 5 heterocycles. The molecule has 3 aliphatic rings. The number of furan rings is 1. The molecule has 0 aromatic carbocycles. The smallest absolute Gasteiger partial charge is 0.289 e. The van der Waals surface area contributed by atoms with Crippen LogP contribution in [0.4, 0.5) is 5.13 Å². The second-order valence-electron chi connectivity index (χ2n) is 9.51. The SMILES string of the molecule is O=C(c1ccco1)N1CCN(C(=O)C2CCCN(c3nn4c(=O)c5c(nc4s3)CCCC5)C2)CC1. The molecule has 3 aromatic heterocycles. The maximum atomic E-state index is 13.3. The van der Waals surface area contributed by atoms with E-state index in [1.807, 2.05) is 4.90 Å². The number of rotatable bonds is 3. The van der Waals surface area contributed by atoms with Crippen LogP contribution in [-0.2, 0) is 17.6 Å². The van der Waals surface area contributed by atoms with E-state index in [2.05, 4.69) is 10.00 Å². The molecule has 0 saturated carbocycles. The number of carbonyl (C=O) groups excluding carboxylic acids is 2. The monoisotopic (exact) mass is 496 g/mol. The highest BCUT2D eigenvalue weighted by atomic mass is 32.1. The van der Waals surface area contributed by atoms with Gasteiger partial charge in [-0.3, -0.25) is 14.4 Å². The molecule has 11 heteroatoms. The summed E-state index contributed by atoms with van der Waals surface area (Å²) >= 11 is 1.43. The van der Waals surface area contributed by atoms with Crippen molar-refractivity contribution in [3.63, 3.8) is 0 Å². The van der Waals surface area contributed by atoms with Crippen molar-refractivity contribution in [2.75, 3.05) is 44.2 Å². The number of piperidine rings is 1. The maximum absolute atomic E-state index is 13.3. The summed E-state index contributed by atoms with van der Waals surface area (Å²) in [5, 5.41) is 5.37. The fraction of sp³-hybridized carbons (Fsp3) is 0.542. The summed E-state index contributed by atoms with van der Waals surface area (Å²) in [5.41, 5.74) is 1.69. The minimum atomic E-state index is -0.132. The van der Waals surface area contributed by atoms with Crippen LogP contribution >= 0.6 is 11.3 Å². The molecule has 1 unspecified atom stereocenters. The molecule has 2 aliphatic heterocycles. The zero-order valence-corrected chi connectivity index (χ0v) is 20.3. The number of hydrogen-bond acceptors (Lipinski definition) is 8. The Morgan fingerprint density at radius 1 is 1.03 bits per heavy atom. The van der Waals surface area contributed by atoms with Crippen molar-refractivity contribution in [2.24, 2.45) is 5.92 Å². The molecule has 0 bridgehead atoms. The molecule has 10 nitrogen and oxygen atoms in total. The molecular weight excluding hydrogens is 468 g/mol. The molecule has 3 aromatic rings. The van der Waals surface area contributed by atoms with Gasteiger partial charge in [0.15, 0.2) is 5.76 Å². The van der Waals surface area contributed by atoms with Gasteiger partial charge in [0.05, 0.1) is 17.9 Å². The quantitative estimate of drug-likeness (QED) is 0.545. The second kappa shape index (κ2) is 9.10. The van der Waals surface area contributed by atoms with Crippen LogP contribution in [0.2, 0.25) is 0 Å². The summed E-state index contributed by atoms with van der Waals surface area (Å²) in [4.78, 5) is 49.9. The number of nitrogens with zero attached hydrogens (tertiary/aromatic N) is 6. The lowest BCUT2D eigenvalue weighted by molar-refractivity contribution is -0.137. The van der Waals surface area contributed by atoms with Gasteiger partial charge >= 0.3 is 0 Å². The van der Waals surface area contributed by atoms with E-state index in [1.54, 1.807) is 17.0 Å². The van der Waals surface area contributed by atoms with Gasteiger partial charge in [0.1, 0.15) is 0 Å². The molecule has 0 spiro atoms. The minimum Gasteiger partial charge on any atom is -0.459 e. The number of aryl methyl sites for hydroxylation is 1. The molecule has 2 fully saturated rings. The van der Waals surface area contributed by atoms with Crippen molar-refractivity contribution in [2.45, 2.75) is 38.5 Å². The lowest BCUT2D eigenvalue weighted by atomic mass is 9.96. The van der Waals surface area contributed by atoms with Gasteiger partial charge in [-0.25, -0.2) is 4.98 Å². The Kier molecular flexibility index (Phi) is 5.79. The summed E-state index contributed by atoms with van der Waals surface area (Å²) in [6, 6.07) is 3.37. The standard InChI is InChI=1S/C24H28N6O4S/c31-20(27-10-12-28(13-11-27)22(33)19-8-4-14-34-19)16-5-3-9-29(15-16)24-26-30-21(32)17-6-1-2-7-18(17)25-23(30)35-24/h4,8,14,16H,1-3,5-7,9-13,15H2. The van der Waals surface area contributed by atoms with Crippen LogP contribution in [-0.4, -0.2) is 75.5 Å². The topological polar surface area (TPSA) is 104 Å². The zero-order valence-electron chi connectivity index (χ0n) is 19.5. The van der Waals surface area contributed by atoms with E-state index in [4.69, 9.17) is 9.40 Å². The number of carbonyl (C=O) groups is 2. The third-order valence-corrected chi connectivity index (χ3v) is 8.29. The van der Waals surface area contributed by atoms with Gasteiger partial charge < -0.3 is 19.1 Å². The van der Waals surface area contributed by atoms with Crippen LogP contribution in [0.25, 0.3) is 4.96 Å². The average Bonchev–Trinajstić information content (AvgIpc) is 3.59. The molecule has 2 amide bonds. The largest absolute Gasteiger partial charge is 0.459 e. The van der Waals surface area contributed by atoms with Crippen LogP contribution in [0.1, 0.15) is 47.5 Å². The summed E-state index contributed by atoms with van der Waals surface area (Å²) in [6.45, 7) is 3.43. The van der Waals surface area contributed by atoms with E-state index in [-0.39, 0.29) is 23.3 Å². The second-order valence-corrected chi connectivity index (χ2v) is 10.4. The van der Waals surface area contributed by atoms with Crippen LogP contribution in [0, 0.1) is 5.92 Å². The van der Waals surface area contributed by atoms with Gasteiger partial charge in [-0.2, -0.15) is 4.52 Å². The first-order valence-electron chi connectivity index (χ1n) is 12.4. The van der Waals surface area contributed by atoms with Crippen molar-refractivity contribution < 1.29 is 14.0 Å². The van der Waals surface area contributed by atoms with Crippen molar-refractivity contribution >= 4 is 33.2 Å². The fourth-order valence-electron chi connectivity index (χ4n) is 5.39. The van der Waals surface area contributed by atoms with Crippen LogP contribution in [0.5, 0.6) is 0 Å². The van der Waals surface area contributed by atoms with Gasteiger partial charge in [-0.15, -0.1) is 5.10 Å². The van der Waals surface area contributed by atoms with Crippen LogP contribution in [0.3, 0.4) is 0 Å². The normalized spacial score (nSPS) is 20.8. The van der Waals surface area contributed by atoms with E-state index < -0.39 is 0 Å². The van der Waals surface area contributed by atoms with E-state index in [1.165, 1.54) is 22.1 Å². The highest BCUT2D eigenvalue weighted by molar-refractivity contribution is 7.20. The van der Waals surface area contributed by atoms with Crippen molar-refractivity contribution in [3.8, 4) is 0 Å². The first-order valence-corrected chi connectivity index (χ1v) is 13.2. The van der Waals surface area contributed by atoms with Gasteiger partial charge in [-0.1, -0.05) is 11.3 Å². The Morgan fingerprint density at radius 2 is 1.83 bits per heavy atom. The Hall–Kier alpha value is -3.21. The Bertz CT molecular complexity index is 1310. The molecule has 1 aliphatic carbocycles. The molecular formula is C24H28N6O4S. The van der Waals surface area contributed by atoms with Crippen LogP contribution in [0.15, 0.2) is 27.6 Å². The van der Waals surface area contributed by atoms with Crippen molar-refractivity contribution in [1.82, 2.24) is 24.4 Å². The maximum Gasteiger partial charge on any atom is 0.289 e. The van der Waals surface area contributed by atoms with Crippen molar-refractivity contribution in [3.05, 3.63) is 45.8 Å². The molecule has 1 atom stereocenters. The van der Waals surface area contributed by atoms with Gasteiger partial charge in [0.25, 0.3) is 11.5 Å². The van der Waals surface area contributed by atoms with Gasteiger partial charge in [0.2, 0.25) is 16.0 Å². The first kappa shape index (κ1) is 22.3. The number of hydrogen-bond donors (Lipinski definition) is 0. The number of fused-ring (bicyclic) bond motifs is 2. The highest BCUT2D eigenvalue weighted by Gasteiger charge is 2.33. The number of amides is 2. The molecule has 6 rings (SSSR count). The molecule has 0 radical (unpaired) electrons. The average molecular weight is 497 g/mol. The summed E-state index contributed by atoms with van der Waals surface area (Å²) in [5.74, 6) is 0.206. The number of piperazine rings is 1. The molecule has 2 saturated heterocycles. The lowest BCUT2D eigenvalue weighted by Gasteiger charge is -2.38. The highest BCUT2D eigenvalue weighted by Crippen LogP contribution is 2.29. The van der Waals surface area contributed by atoms with E-state index in [0.717, 1.165) is 61.5 Å². The Balaban J connectivity index is 1.13. The van der Waals surface area contributed by atoms with Gasteiger partial charge in [-0.05, 0) is 50.7 Å². The van der Waals surface area contributed by atoms with Gasteiger partial charge in [0, 0.05) is 44.8 Å².